The number of rotatable bonds is 14. The Morgan fingerprint density at radius 1 is 1.00 bits per heavy atom. The van der Waals surface area contributed by atoms with Gasteiger partial charge in [0.15, 0.2) is 12.4 Å². The zero-order chi connectivity index (χ0) is 21.6. The van der Waals surface area contributed by atoms with E-state index in [9.17, 15) is 4.79 Å². The van der Waals surface area contributed by atoms with Crippen LogP contribution in [-0.4, -0.2) is 12.5 Å². The lowest BCUT2D eigenvalue weighted by Crippen LogP contribution is -3.00. The van der Waals surface area contributed by atoms with Crippen molar-refractivity contribution in [2.75, 3.05) is 6.61 Å². The van der Waals surface area contributed by atoms with Crippen molar-refractivity contribution in [2.24, 2.45) is 7.05 Å². The number of nitrogens with one attached hydrogen (secondary N) is 1. The summed E-state index contributed by atoms with van der Waals surface area (Å²) in [4.78, 5) is 12.2. The largest absolute Gasteiger partial charge is 1.00 e. The topological polar surface area (TPSA) is 42.2 Å². The maximum absolute atomic E-state index is 12.2. The summed E-state index contributed by atoms with van der Waals surface area (Å²) in [5.74, 6) is 0.724. The number of halogens is 2. The van der Waals surface area contributed by atoms with Crippen LogP contribution in [-0.2, 0) is 24.8 Å². The number of pyridine rings is 1. The summed E-state index contributed by atoms with van der Waals surface area (Å²) < 4.78 is 7.78. The van der Waals surface area contributed by atoms with Crippen molar-refractivity contribution in [1.82, 2.24) is 5.32 Å². The molecule has 4 nitrogen and oxygen atoms in total. The number of hydrogen-bond donors (Lipinski definition) is 1. The molecule has 0 radical (unpaired) electrons. The third-order valence-electron chi connectivity index (χ3n) is 5.18. The molecule has 0 atom stereocenters. The van der Waals surface area contributed by atoms with Crippen LogP contribution in [0, 0.1) is 0 Å². The summed E-state index contributed by atoms with van der Waals surface area (Å²) in [5, 5.41) is 3.51. The average Bonchev–Trinajstić information content (AvgIpc) is 2.74. The van der Waals surface area contributed by atoms with Crippen molar-refractivity contribution in [3.05, 3.63) is 58.9 Å². The van der Waals surface area contributed by atoms with E-state index in [0.29, 0.717) is 18.2 Å². The van der Waals surface area contributed by atoms with Gasteiger partial charge in [0.1, 0.15) is 12.8 Å². The number of benzene rings is 1. The Hall–Kier alpha value is -1.34. The maximum Gasteiger partial charge on any atom is 0.224 e. The van der Waals surface area contributed by atoms with Crippen LogP contribution in [0.3, 0.4) is 0 Å². The summed E-state index contributed by atoms with van der Waals surface area (Å²) in [6.07, 6.45) is 14.4. The van der Waals surface area contributed by atoms with Crippen LogP contribution >= 0.6 is 11.6 Å². The SMILES string of the molecule is CCCCCCCCCCOc1ccc(CC(=O)NCc2cc[n+](C)cc2)c(Cl)c1.[I-]. The minimum Gasteiger partial charge on any atom is -1.00 e. The molecule has 1 aromatic carbocycles. The number of aryl methyl sites for hydroxylation is 1. The van der Waals surface area contributed by atoms with Gasteiger partial charge in [0.25, 0.3) is 0 Å². The second kappa shape index (κ2) is 16.3. The number of amides is 1. The molecule has 1 heterocycles. The summed E-state index contributed by atoms with van der Waals surface area (Å²) in [6.45, 7) is 3.47. The Morgan fingerprint density at radius 2 is 1.65 bits per heavy atom. The predicted molar refractivity (Wildman–Crippen MR) is 123 cm³/mol. The Morgan fingerprint density at radius 3 is 2.29 bits per heavy atom. The molecule has 0 aliphatic rings. The first-order chi connectivity index (χ1) is 14.6. The van der Waals surface area contributed by atoms with E-state index in [2.05, 4.69) is 12.2 Å². The molecule has 0 unspecified atom stereocenters. The minimum atomic E-state index is -0.0438. The highest BCUT2D eigenvalue weighted by Gasteiger charge is 2.09. The van der Waals surface area contributed by atoms with Crippen molar-refractivity contribution in [3.63, 3.8) is 0 Å². The van der Waals surface area contributed by atoms with Crippen LogP contribution in [0.5, 0.6) is 5.75 Å². The molecule has 0 spiro atoms. The van der Waals surface area contributed by atoms with Crippen LogP contribution < -0.4 is 38.6 Å². The molecule has 1 N–H and O–H groups in total. The number of nitrogens with zero attached hydrogens (tertiary/aromatic N) is 1. The number of ether oxygens (including phenoxy) is 1. The van der Waals surface area contributed by atoms with E-state index < -0.39 is 0 Å². The van der Waals surface area contributed by atoms with Gasteiger partial charge in [-0.05, 0) is 29.7 Å². The van der Waals surface area contributed by atoms with Crippen molar-refractivity contribution in [1.29, 1.82) is 0 Å². The minimum absolute atomic E-state index is 0. The molecular formula is C25H36ClIN2O2. The van der Waals surface area contributed by atoms with E-state index in [-0.39, 0.29) is 36.3 Å². The molecule has 0 aliphatic carbocycles. The highest BCUT2D eigenvalue weighted by Crippen LogP contribution is 2.23. The zero-order valence-corrected chi connectivity index (χ0v) is 21.8. The molecule has 6 heteroatoms. The Balaban J connectivity index is 0.00000480. The molecule has 0 saturated carbocycles. The molecule has 0 bridgehead atoms. The van der Waals surface area contributed by atoms with Crippen molar-refractivity contribution < 1.29 is 38.1 Å². The molecule has 0 aliphatic heterocycles. The number of carbonyl (C=O) groups excluding carboxylic acids is 1. The van der Waals surface area contributed by atoms with E-state index in [1.165, 1.54) is 44.9 Å². The smallest absolute Gasteiger partial charge is 0.224 e. The van der Waals surface area contributed by atoms with Crippen LogP contribution in [0.25, 0.3) is 0 Å². The molecule has 31 heavy (non-hydrogen) atoms. The highest BCUT2D eigenvalue weighted by molar-refractivity contribution is 6.31. The Bertz CT molecular complexity index is 769. The quantitative estimate of drug-likeness (QED) is 0.220. The van der Waals surface area contributed by atoms with Crippen LogP contribution in [0.1, 0.15) is 69.4 Å². The summed E-state index contributed by atoms with van der Waals surface area (Å²) in [7, 11) is 1.97. The first-order valence-electron chi connectivity index (χ1n) is 11.2. The number of unbranched alkanes of at least 4 members (excludes halogenated alkanes) is 7. The van der Waals surface area contributed by atoms with Gasteiger partial charge < -0.3 is 34.0 Å². The van der Waals surface area contributed by atoms with Gasteiger partial charge in [-0.3, -0.25) is 4.79 Å². The Labute approximate surface area is 209 Å². The van der Waals surface area contributed by atoms with E-state index >= 15 is 0 Å². The van der Waals surface area contributed by atoms with Gasteiger partial charge in [-0.2, -0.15) is 0 Å². The standard InChI is InChI=1S/C25H35ClN2O2.HI/c1-3-4-5-6-7-8-9-10-17-30-23-12-11-22(24(26)19-23)18-25(29)27-20-21-13-15-28(2)16-14-21;/h11-16,19H,3-10,17-18,20H2,1-2H3;1H. The molecule has 0 saturated heterocycles. The molecule has 0 fully saturated rings. The third-order valence-corrected chi connectivity index (χ3v) is 5.53. The normalized spacial score (nSPS) is 10.4. The zero-order valence-electron chi connectivity index (χ0n) is 18.8. The fraction of sp³-hybridized carbons (Fsp3) is 0.520. The van der Waals surface area contributed by atoms with Gasteiger partial charge in [0.2, 0.25) is 5.91 Å². The molecule has 2 rings (SSSR count). The molecular weight excluding hydrogens is 523 g/mol. The Kier molecular flexibility index (Phi) is 14.6. The van der Waals surface area contributed by atoms with Gasteiger partial charge in [0.05, 0.1) is 13.0 Å². The average molecular weight is 559 g/mol. The van der Waals surface area contributed by atoms with Gasteiger partial charge >= 0.3 is 0 Å². The van der Waals surface area contributed by atoms with Crippen molar-refractivity contribution in [2.45, 2.75) is 71.3 Å². The lowest BCUT2D eigenvalue weighted by Gasteiger charge is -2.10. The van der Waals surface area contributed by atoms with Crippen LogP contribution in [0.2, 0.25) is 5.02 Å². The van der Waals surface area contributed by atoms with Crippen LogP contribution in [0.15, 0.2) is 42.7 Å². The van der Waals surface area contributed by atoms with E-state index in [4.69, 9.17) is 16.3 Å². The molecule has 1 amide bonds. The lowest BCUT2D eigenvalue weighted by atomic mass is 10.1. The number of hydrogen-bond acceptors (Lipinski definition) is 2. The first kappa shape index (κ1) is 27.7. The molecule has 172 valence electrons. The number of aromatic nitrogens is 1. The van der Waals surface area contributed by atoms with Crippen molar-refractivity contribution in [3.8, 4) is 5.75 Å². The van der Waals surface area contributed by atoms with E-state index in [1.807, 2.05) is 54.3 Å². The first-order valence-corrected chi connectivity index (χ1v) is 11.6. The monoisotopic (exact) mass is 558 g/mol. The molecule has 2 aromatic rings. The van der Waals surface area contributed by atoms with Gasteiger partial charge in [-0.15, -0.1) is 0 Å². The fourth-order valence-electron chi connectivity index (χ4n) is 3.27. The van der Waals surface area contributed by atoms with Gasteiger partial charge in [-0.1, -0.05) is 69.5 Å². The van der Waals surface area contributed by atoms with Crippen LogP contribution in [0.4, 0.5) is 0 Å². The second-order valence-corrected chi connectivity index (χ2v) is 8.31. The predicted octanol–water partition coefficient (Wildman–Crippen LogP) is 2.55. The summed E-state index contributed by atoms with van der Waals surface area (Å²) in [6, 6.07) is 9.58. The highest BCUT2D eigenvalue weighted by atomic mass is 127. The third kappa shape index (κ3) is 11.7. The van der Waals surface area contributed by atoms with Gasteiger partial charge in [-0.25, -0.2) is 4.57 Å². The summed E-state index contributed by atoms with van der Waals surface area (Å²) in [5.41, 5.74) is 1.88. The van der Waals surface area contributed by atoms with E-state index in [0.717, 1.165) is 23.3 Å². The van der Waals surface area contributed by atoms with Crippen molar-refractivity contribution >= 4 is 17.5 Å². The maximum atomic E-state index is 12.2. The second-order valence-electron chi connectivity index (χ2n) is 7.90. The van der Waals surface area contributed by atoms with E-state index in [1.54, 1.807) is 0 Å². The molecule has 1 aromatic heterocycles. The summed E-state index contributed by atoms with van der Waals surface area (Å²) >= 11 is 6.37. The lowest BCUT2D eigenvalue weighted by molar-refractivity contribution is -0.671. The number of carbonyl (C=O) groups is 1. The van der Waals surface area contributed by atoms with Gasteiger partial charge in [0, 0.05) is 23.7 Å². The fourth-order valence-corrected chi connectivity index (χ4v) is 3.51.